The fraction of sp³-hybridized carbons (Fsp3) is 0.700. The number of unbranched alkanes of at least 4 members (excludes halogenated alkanes) is 1. The lowest BCUT2D eigenvalue weighted by Gasteiger charge is -2.09. The number of nitrogens with one attached hydrogen (secondary N) is 1. The smallest absolute Gasteiger partial charge is 0.246 e. The fourth-order valence-electron chi connectivity index (χ4n) is 0.906. The van der Waals surface area contributed by atoms with Gasteiger partial charge in [-0.25, -0.2) is 0 Å². The van der Waals surface area contributed by atoms with Crippen LogP contribution in [-0.4, -0.2) is 38.0 Å². The Morgan fingerprint density at radius 3 is 2.46 bits per heavy atom. The highest BCUT2D eigenvalue weighted by Crippen LogP contribution is 1.90. The molecule has 1 amide bonds. The van der Waals surface area contributed by atoms with Crippen molar-refractivity contribution in [3.8, 4) is 0 Å². The van der Waals surface area contributed by atoms with Crippen LogP contribution in [0, 0.1) is 0 Å². The largest absolute Gasteiger partial charge is 0.352 e. The highest BCUT2D eigenvalue weighted by atomic mass is 16.1. The molecule has 0 atom stereocenters. The molecule has 0 aromatic carbocycles. The first-order valence-electron chi connectivity index (χ1n) is 4.62. The molecular formula is C10H20N2O. The molecule has 13 heavy (non-hydrogen) atoms. The molecule has 0 aliphatic rings. The van der Waals surface area contributed by atoms with Gasteiger partial charge in [-0.1, -0.05) is 6.58 Å². The Kier molecular flexibility index (Phi) is 6.24. The van der Waals surface area contributed by atoms with Gasteiger partial charge in [0.2, 0.25) is 5.91 Å². The van der Waals surface area contributed by atoms with Gasteiger partial charge in [-0.15, -0.1) is 0 Å². The minimum Gasteiger partial charge on any atom is -0.352 e. The summed E-state index contributed by atoms with van der Waals surface area (Å²) in [5, 5.41) is 2.80. The van der Waals surface area contributed by atoms with E-state index in [1.165, 1.54) is 0 Å². The number of nitrogens with zero attached hydrogens (tertiary/aromatic N) is 1. The van der Waals surface area contributed by atoms with Gasteiger partial charge in [0.15, 0.2) is 0 Å². The number of carbonyl (C=O) groups excluding carboxylic acids is 1. The third-order valence-electron chi connectivity index (χ3n) is 1.71. The summed E-state index contributed by atoms with van der Waals surface area (Å²) in [5.74, 6) is -0.0372. The van der Waals surface area contributed by atoms with E-state index in [4.69, 9.17) is 0 Å². The van der Waals surface area contributed by atoms with Crippen molar-refractivity contribution < 1.29 is 4.79 Å². The first kappa shape index (κ1) is 12.2. The molecule has 0 aromatic rings. The molecule has 3 heteroatoms. The van der Waals surface area contributed by atoms with Gasteiger partial charge in [0, 0.05) is 12.1 Å². The molecule has 0 saturated heterocycles. The first-order chi connectivity index (χ1) is 6.04. The number of carbonyl (C=O) groups is 1. The van der Waals surface area contributed by atoms with Crippen molar-refractivity contribution in [2.75, 3.05) is 27.2 Å². The quantitative estimate of drug-likeness (QED) is 0.494. The van der Waals surface area contributed by atoms with E-state index in [9.17, 15) is 4.79 Å². The predicted octanol–water partition coefficient (Wildman–Crippen LogP) is 1.02. The van der Waals surface area contributed by atoms with Crippen molar-refractivity contribution in [1.29, 1.82) is 0 Å². The Labute approximate surface area is 80.8 Å². The minimum absolute atomic E-state index is 0.0372. The van der Waals surface area contributed by atoms with Crippen molar-refractivity contribution >= 4 is 5.91 Å². The summed E-state index contributed by atoms with van der Waals surface area (Å²) < 4.78 is 0. The summed E-state index contributed by atoms with van der Waals surface area (Å²) in [6.07, 6.45) is 2.14. The molecule has 0 rings (SSSR count). The predicted molar refractivity (Wildman–Crippen MR) is 55.6 cm³/mol. The number of hydrogen-bond donors (Lipinski definition) is 1. The van der Waals surface area contributed by atoms with Gasteiger partial charge in [0.1, 0.15) is 0 Å². The molecule has 0 aliphatic heterocycles. The van der Waals surface area contributed by atoms with E-state index in [0.717, 1.165) is 25.9 Å². The molecule has 0 saturated carbocycles. The van der Waals surface area contributed by atoms with Crippen LogP contribution >= 0.6 is 0 Å². The Morgan fingerprint density at radius 1 is 1.38 bits per heavy atom. The normalized spacial score (nSPS) is 10.2. The second-order valence-corrected chi connectivity index (χ2v) is 3.55. The second-order valence-electron chi connectivity index (χ2n) is 3.55. The summed E-state index contributed by atoms with van der Waals surface area (Å²) in [4.78, 5) is 13.2. The SMILES string of the molecule is C=C(C)C(=O)NCCCCN(C)C. The maximum Gasteiger partial charge on any atom is 0.246 e. The molecule has 76 valence electrons. The Morgan fingerprint density at radius 2 is 2.00 bits per heavy atom. The van der Waals surface area contributed by atoms with E-state index < -0.39 is 0 Å². The Bertz CT molecular complexity index is 176. The third-order valence-corrected chi connectivity index (χ3v) is 1.71. The number of amides is 1. The molecule has 0 unspecified atom stereocenters. The first-order valence-corrected chi connectivity index (χ1v) is 4.62. The van der Waals surface area contributed by atoms with E-state index in [-0.39, 0.29) is 5.91 Å². The summed E-state index contributed by atoms with van der Waals surface area (Å²) in [5.41, 5.74) is 0.576. The van der Waals surface area contributed by atoms with E-state index in [1.807, 2.05) is 14.1 Å². The highest BCUT2D eigenvalue weighted by Gasteiger charge is 1.99. The molecule has 0 spiro atoms. The highest BCUT2D eigenvalue weighted by molar-refractivity contribution is 5.91. The number of rotatable bonds is 6. The maximum absolute atomic E-state index is 11.0. The minimum atomic E-state index is -0.0372. The van der Waals surface area contributed by atoms with E-state index in [1.54, 1.807) is 6.92 Å². The van der Waals surface area contributed by atoms with Crippen LogP contribution in [0.5, 0.6) is 0 Å². The van der Waals surface area contributed by atoms with Crippen LogP contribution in [0.4, 0.5) is 0 Å². The molecule has 0 aliphatic carbocycles. The van der Waals surface area contributed by atoms with Crippen molar-refractivity contribution in [2.24, 2.45) is 0 Å². The molecule has 0 aromatic heterocycles. The van der Waals surface area contributed by atoms with Gasteiger partial charge < -0.3 is 10.2 Å². The van der Waals surface area contributed by atoms with Gasteiger partial charge in [-0.05, 0) is 40.4 Å². The van der Waals surface area contributed by atoms with Crippen LogP contribution in [-0.2, 0) is 4.79 Å². The summed E-state index contributed by atoms with van der Waals surface area (Å²) in [6, 6.07) is 0. The zero-order valence-electron chi connectivity index (χ0n) is 8.89. The van der Waals surface area contributed by atoms with Gasteiger partial charge >= 0.3 is 0 Å². The van der Waals surface area contributed by atoms with E-state index in [2.05, 4.69) is 16.8 Å². The van der Waals surface area contributed by atoms with Crippen LogP contribution in [0.3, 0.4) is 0 Å². The Hall–Kier alpha value is -0.830. The molecule has 0 bridgehead atoms. The van der Waals surface area contributed by atoms with Crippen molar-refractivity contribution in [3.05, 3.63) is 12.2 Å². The topological polar surface area (TPSA) is 32.3 Å². The van der Waals surface area contributed by atoms with Gasteiger partial charge in [0.25, 0.3) is 0 Å². The van der Waals surface area contributed by atoms with Crippen molar-refractivity contribution in [2.45, 2.75) is 19.8 Å². The second kappa shape index (κ2) is 6.66. The lowest BCUT2D eigenvalue weighted by atomic mass is 10.3. The zero-order chi connectivity index (χ0) is 10.3. The zero-order valence-corrected chi connectivity index (χ0v) is 8.89. The lowest BCUT2D eigenvalue weighted by molar-refractivity contribution is -0.117. The number of hydrogen-bond acceptors (Lipinski definition) is 2. The van der Waals surface area contributed by atoms with Crippen LogP contribution < -0.4 is 5.32 Å². The average molecular weight is 184 g/mol. The van der Waals surface area contributed by atoms with E-state index >= 15 is 0 Å². The lowest BCUT2D eigenvalue weighted by Crippen LogP contribution is -2.25. The van der Waals surface area contributed by atoms with Crippen LogP contribution in [0.15, 0.2) is 12.2 Å². The summed E-state index contributed by atoms with van der Waals surface area (Å²) >= 11 is 0. The van der Waals surface area contributed by atoms with E-state index in [0.29, 0.717) is 5.57 Å². The van der Waals surface area contributed by atoms with Gasteiger partial charge in [0.05, 0.1) is 0 Å². The fourth-order valence-corrected chi connectivity index (χ4v) is 0.906. The van der Waals surface area contributed by atoms with Crippen LogP contribution in [0.2, 0.25) is 0 Å². The van der Waals surface area contributed by atoms with Crippen LogP contribution in [0.25, 0.3) is 0 Å². The third kappa shape index (κ3) is 7.53. The van der Waals surface area contributed by atoms with Crippen molar-refractivity contribution in [3.63, 3.8) is 0 Å². The summed E-state index contributed by atoms with van der Waals surface area (Å²) in [7, 11) is 4.10. The molecule has 0 heterocycles. The Balaban J connectivity index is 3.26. The molecular weight excluding hydrogens is 164 g/mol. The molecule has 3 nitrogen and oxygen atoms in total. The van der Waals surface area contributed by atoms with Crippen LogP contribution in [0.1, 0.15) is 19.8 Å². The van der Waals surface area contributed by atoms with Gasteiger partial charge in [-0.2, -0.15) is 0 Å². The standard InChI is InChI=1S/C10H20N2O/c1-9(2)10(13)11-7-5-6-8-12(3)4/h1,5-8H2,2-4H3,(H,11,13). The monoisotopic (exact) mass is 184 g/mol. The van der Waals surface area contributed by atoms with Gasteiger partial charge in [-0.3, -0.25) is 4.79 Å². The maximum atomic E-state index is 11.0. The average Bonchev–Trinajstić information content (AvgIpc) is 2.02. The van der Waals surface area contributed by atoms with Crippen molar-refractivity contribution in [1.82, 2.24) is 10.2 Å². The molecule has 0 radical (unpaired) electrons. The molecule has 0 fully saturated rings. The summed E-state index contributed by atoms with van der Waals surface area (Å²) in [6.45, 7) is 7.10. The molecule has 1 N–H and O–H groups in total.